The van der Waals surface area contributed by atoms with Crippen molar-refractivity contribution in [3.63, 3.8) is 0 Å². The van der Waals surface area contributed by atoms with Crippen molar-refractivity contribution < 1.29 is 27.9 Å². The molecule has 0 spiro atoms. The Bertz CT molecular complexity index is 935. The molecule has 3 rings (SSSR count). The van der Waals surface area contributed by atoms with Crippen molar-refractivity contribution in [1.29, 1.82) is 0 Å². The lowest BCUT2D eigenvalue weighted by molar-refractivity contribution is -0.152. The van der Waals surface area contributed by atoms with Crippen molar-refractivity contribution in [1.82, 2.24) is 9.21 Å². The molecule has 0 aromatic heterocycles. The van der Waals surface area contributed by atoms with Crippen LogP contribution in [0.4, 0.5) is 0 Å². The zero-order valence-corrected chi connectivity index (χ0v) is 18.2. The number of halogens is 1. The molecule has 2 aliphatic rings. The second kappa shape index (κ2) is 8.22. The lowest BCUT2D eigenvalue weighted by Crippen LogP contribution is -2.51. The number of carbonyl (C=O) groups excluding carboxylic acids is 2. The number of aliphatic hydroxyl groups is 1. The number of nitrogens with zero attached hydrogens (tertiary/aromatic N) is 2. The van der Waals surface area contributed by atoms with Crippen molar-refractivity contribution in [3.05, 3.63) is 28.3 Å². The van der Waals surface area contributed by atoms with Crippen LogP contribution in [0.25, 0.3) is 0 Å². The minimum atomic E-state index is -3.94. The molecule has 0 aliphatic carbocycles. The molecule has 29 heavy (non-hydrogen) atoms. The Morgan fingerprint density at radius 2 is 1.90 bits per heavy atom. The summed E-state index contributed by atoms with van der Waals surface area (Å²) < 4.78 is 32.7. The average molecular weight is 445 g/mol. The van der Waals surface area contributed by atoms with E-state index in [0.717, 1.165) is 0 Å². The Morgan fingerprint density at radius 1 is 1.21 bits per heavy atom. The Labute approximate surface area is 175 Å². The first-order chi connectivity index (χ1) is 13.6. The molecule has 3 atom stereocenters. The summed E-state index contributed by atoms with van der Waals surface area (Å²) in [4.78, 5) is 26.6. The maximum absolute atomic E-state index is 13.4. The number of amides is 1. The molecule has 2 aliphatic heterocycles. The van der Waals surface area contributed by atoms with Gasteiger partial charge >= 0.3 is 5.97 Å². The summed E-state index contributed by atoms with van der Waals surface area (Å²) in [6, 6.07) is 1.28. The highest BCUT2D eigenvalue weighted by Gasteiger charge is 2.47. The lowest BCUT2D eigenvalue weighted by atomic mass is 10.1. The first-order valence-electron chi connectivity index (χ1n) is 9.43. The Hall–Kier alpha value is -1.68. The predicted octanol–water partition coefficient (Wildman–Crippen LogP) is 1.24. The van der Waals surface area contributed by atoms with E-state index in [2.05, 4.69) is 0 Å². The quantitative estimate of drug-likeness (QED) is 0.701. The van der Waals surface area contributed by atoms with E-state index in [1.165, 1.54) is 22.4 Å². The molecule has 1 amide bonds. The van der Waals surface area contributed by atoms with E-state index in [1.54, 1.807) is 19.9 Å². The first kappa shape index (κ1) is 22.0. The lowest BCUT2D eigenvalue weighted by Gasteiger charge is -2.30. The molecule has 2 fully saturated rings. The molecular weight excluding hydrogens is 420 g/mol. The molecule has 0 radical (unpaired) electrons. The Balaban J connectivity index is 1.92. The number of β-amino-alcohol motifs (C(OH)–C–C–N with tert-alkyl or cyclic N) is 1. The topological polar surface area (TPSA) is 104 Å². The van der Waals surface area contributed by atoms with Crippen LogP contribution in [0.5, 0.6) is 0 Å². The minimum absolute atomic E-state index is 0.0257. The van der Waals surface area contributed by atoms with Gasteiger partial charge in [0.1, 0.15) is 12.1 Å². The van der Waals surface area contributed by atoms with E-state index in [0.29, 0.717) is 29.0 Å². The maximum atomic E-state index is 13.4. The molecule has 1 N–H and O–H groups in total. The van der Waals surface area contributed by atoms with Gasteiger partial charge in [0.15, 0.2) is 0 Å². The number of hydrogen-bond donors (Lipinski definition) is 1. The van der Waals surface area contributed by atoms with Gasteiger partial charge in [-0.1, -0.05) is 11.6 Å². The highest BCUT2D eigenvalue weighted by atomic mass is 35.5. The Morgan fingerprint density at radius 3 is 2.55 bits per heavy atom. The number of esters is 1. The van der Waals surface area contributed by atoms with Crippen molar-refractivity contribution >= 4 is 33.5 Å². The van der Waals surface area contributed by atoms with Gasteiger partial charge in [-0.2, -0.15) is 4.31 Å². The summed E-state index contributed by atoms with van der Waals surface area (Å²) in [6.45, 7) is 3.57. The van der Waals surface area contributed by atoms with Gasteiger partial charge in [-0.15, -0.1) is 0 Å². The minimum Gasteiger partial charge on any atom is -0.467 e. The summed E-state index contributed by atoms with van der Waals surface area (Å²) in [5, 5.41) is 10.4. The molecule has 1 aromatic rings. The largest absolute Gasteiger partial charge is 0.467 e. The van der Waals surface area contributed by atoms with Crippen LogP contribution in [-0.4, -0.2) is 73.0 Å². The number of likely N-dealkylation sites (tertiary alicyclic amines) is 1. The van der Waals surface area contributed by atoms with Crippen molar-refractivity contribution in [2.75, 3.05) is 20.2 Å². The van der Waals surface area contributed by atoms with Crippen molar-refractivity contribution in [2.45, 2.75) is 56.2 Å². The SMILES string of the molecule is COC(=O)C1CC(O)CN1C(=O)C1CCCN1S(=O)(=O)c1cc(C)c(Cl)cc1C. The summed E-state index contributed by atoms with van der Waals surface area (Å²) in [5.41, 5.74) is 1.13. The van der Waals surface area contributed by atoms with E-state index in [1.807, 2.05) is 0 Å². The number of benzene rings is 1. The molecule has 10 heteroatoms. The number of sulfonamides is 1. The molecule has 0 bridgehead atoms. The van der Waals surface area contributed by atoms with Gasteiger partial charge in [0, 0.05) is 24.5 Å². The smallest absolute Gasteiger partial charge is 0.328 e. The molecule has 160 valence electrons. The van der Waals surface area contributed by atoms with E-state index in [-0.39, 0.29) is 24.4 Å². The molecule has 2 saturated heterocycles. The normalized spacial score (nSPS) is 25.4. The number of aliphatic hydroxyl groups excluding tert-OH is 1. The van der Waals surface area contributed by atoms with Gasteiger partial charge in [0.2, 0.25) is 15.9 Å². The monoisotopic (exact) mass is 444 g/mol. The molecule has 8 nitrogen and oxygen atoms in total. The van der Waals surface area contributed by atoms with E-state index >= 15 is 0 Å². The number of carbonyl (C=O) groups is 2. The third-order valence-corrected chi connectivity index (χ3v) is 8.02. The molecule has 3 unspecified atom stereocenters. The van der Waals surface area contributed by atoms with Gasteiger partial charge in [-0.25, -0.2) is 13.2 Å². The van der Waals surface area contributed by atoms with E-state index < -0.39 is 40.1 Å². The van der Waals surface area contributed by atoms with Gasteiger partial charge in [-0.3, -0.25) is 4.79 Å². The second-order valence-electron chi connectivity index (χ2n) is 7.56. The standard InChI is InChI=1S/C19H25ClN2O6S/c1-11-8-17(12(2)7-14(11)20)29(26,27)22-6-4-5-15(22)18(24)21-10-13(23)9-16(21)19(25)28-3/h7-8,13,15-16,23H,4-6,9-10H2,1-3H3. The van der Waals surface area contributed by atoms with Crippen LogP contribution < -0.4 is 0 Å². The fraction of sp³-hybridized carbons (Fsp3) is 0.579. The summed E-state index contributed by atoms with van der Waals surface area (Å²) in [6.07, 6.45) is 0.105. The third kappa shape index (κ3) is 4.01. The highest BCUT2D eigenvalue weighted by Crippen LogP contribution is 2.32. The number of methoxy groups -OCH3 is 1. The summed E-state index contributed by atoms with van der Waals surface area (Å²) in [7, 11) is -2.72. The average Bonchev–Trinajstić information content (AvgIpc) is 3.30. The van der Waals surface area contributed by atoms with Gasteiger partial charge < -0.3 is 14.7 Å². The maximum Gasteiger partial charge on any atom is 0.328 e. The van der Waals surface area contributed by atoms with Crippen LogP contribution in [0.3, 0.4) is 0 Å². The summed E-state index contributed by atoms with van der Waals surface area (Å²) in [5.74, 6) is -1.10. The predicted molar refractivity (Wildman–Crippen MR) is 106 cm³/mol. The fourth-order valence-corrected chi connectivity index (χ4v) is 6.20. The molecule has 0 saturated carbocycles. The number of hydrogen-bond acceptors (Lipinski definition) is 6. The van der Waals surface area contributed by atoms with Gasteiger partial charge in [0.25, 0.3) is 0 Å². The second-order valence-corrected chi connectivity index (χ2v) is 9.83. The molecule has 1 aromatic carbocycles. The fourth-order valence-electron chi connectivity index (χ4n) is 4.04. The van der Waals surface area contributed by atoms with Crippen LogP contribution >= 0.6 is 11.6 Å². The molecule has 2 heterocycles. The van der Waals surface area contributed by atoms with E-state index in [4.69, 9.17) is 16.3 Å². The van der Waals surface area contributed by atoms with Gasteiger partial charge in [0.05, 0.1) is 18.1 Å². The Kier molecular flexibility index (Phi) is 6.24. The zero-order valence-electron chi connectivity index (χ0n) is 16.6. The van der Waals surface area contributed by atoms with Crippen LogP contribution in [0.2, 0.25) is 5.02 Å². The third-order valence-electron chi connectivity index (χ3n) is 5.57. The van der Waals surface area contributed by atoms with Crippen molar-refractivity contribution in [3.8, 4) is 0 Å². The summed E-state index contributed by atoms with van der Waals surface area (Å²) >= 11 is 6.10. The first-order valence-corrected chi connectivity index (χ1v) is 11.2. The zero-order chi connectivity index (χ0) is 21.5. The van der Waals surface area contributed by atoms with Crippen LogP contribution in [0.15, 0.2) is 17.0 Å². The highest BCUT2D eigenvalue weighted by molar-refractivity contribution is 7.89. The van der Waals surface area contributed by atoms with Crippen LogP contribution in [0.1, 0.15) is 30.4 Å². The molecular formula is C19H25ClN2O6S. The van der Waals surface area contributed by atoms with Crippen molar-refractivity contribution in [2.24, 2.45) is 0 Å². The van der Waals surface area contributed by atoms with E-state index in [9.17, 15) is 23.1 Å². The number of ether oxygens (including phenoxy) is 1. The number of aryl methyl sites for hydroxylation is 2. The van der Waals surface area contributed by atoms with Crippen LogP contribution in [-0.2, 0) is 24.3 Å². The number of rotatable bonds is 4. The van der Waals surface area contributed by atoms with Crippen LogP contribution in [0, 0.1) is 13.8 Å². The van der Waals surface area contributed by atoms with Gasteiger partial charge in [-0.05, 0) is 49.9 Å².